The number of anilines is 2. The smallest absolute Gasteiger partial charge is 0.196 e. The molecule has 0 bridgehead atoms. The number of carbonyl (C=O) groups is 1. The van der Waals surface area contributed by atoms with E-state index in [1.165, 1.54) is 17.8 Å². The molecule has 98 valence electrons. The minimum absolute atomic E-state index is 0.126. The zero-order valence-electron chi connectivity index (χ0n) is 10.5. The van der Waals surface area contributed by atoms with Crippen molar-refractivity contribution in [1.29, 1.82) is 0 Å². The molecule has 0 aliphatic carbocycles. The van der Waals surface area contributed by atoms with Crippen molar-refractivity contribution in [1.82, 2.24) is 9.97 Å². The third kappa shape index (κ3) is 3.45. The quantitative estimate of drug-likeness (QED) is 0.656. The second-order valence-electron chi connectivity index (χ2n) is 3.90. The maximum absolute atomic E-state index is 11.5. The lowest BCUT2D eigenvalue weighted by molar-refractivity contribution is 0.0988. The van der Waals surface area contributed by atoms with Gasteiger partial charge in [-0.3, -0.25) is 4.79 Å². The fourth-order valence-corrected chi connectivity index (χ4v) is 2.31. The average molecular weight is 274 g/mol. The number of nitrogens with zero attached hydrogens (tertiary/aromatic N) is 2. The molecule has 0 radical (unpaired) electrons. The van der Waals surface area contributed by atoms with Crippen molar-refractivity contribution >= 4 is 29.2 Å². The summed E-state index contributed by atoms with van der Waals surface area (Å²) in [6.07, 6.45) is 0.501. The van der Waals surface area contributed by atoms with Crippen molar-refractivity contribution in [2.75, 3.05) is 11.5 Å². The van der Waals surface area contributed by atoms with Crippen molar-refractivity contribution in [3.8, 4) is 0 Å². The van der Waals surface area contributed by atoms with E-state index in [0.717, 1.165) is 4.90 Å². The molecule has 2 aromatic rings. The molecule has 0 aliphatic heterocycles. The molecule has 0 aliphatic rings. The number of hydrogen-bond donors (Lipinski definition) is 2. The lowest BCUT2D eigenvalue weighted by Gasteiger charge is -2.03. The molecular weight excluding hydrogens is 260 g/mol. The minimum atomic E-state index is 0.126. The Hall–Kier alpha value is -2.08. The summed E-state index contributed by atoms with van der Waals surface area (Å²) in [5.74, 6) is 0.807. The Labute approximate surface area is 115 Å². The van der Waals surface area contributed by atoms with Gasteiger partial charge in [0.15, 0.2) is 10.9 Å². The van der Waals surface area contributed by atoms with Gasteiger partial charge in [0.2, 0.25) is 0 Å². The Balaban J connectivity index is 2.17. The van der Waals surface area contributed by atoms with E-state index in [9.17, 15) is 4.79 Å². The summed E-state index contributed by atoms with van der Waals surface area (Å²) in [5.41, 5.74) is 11.9. The number of hydrogen-bond acceptors (Lipinski definition) is 6. The molecular formula is C13H14N4OS. The number of carbonyl (C=O) groups excluding carboxylic acids is 1. The third-order valence-electron chi connectivity index (χ3n) is 2.45. The first-order valence-corrected chi connectivity index (χ1v) is 6.61. The summed E-state index contributed by atoms with van der Waals surface area (Å²) in [6.45, 7) is 1.84. The lowest BCUT2D eigenvalue weighted by Crippen LogP contribution is -1.99. The van der Waals surface area contributed by atoms with Crippen LogP contribution in [0.25, 0.3) is 0 Å². The van der Waals surface area contributed by atoms with Crippen LogP contribution in [-0.2, 0) is 0 Å². The Morgan fingerprint density at radius 2 is 1.74 bits per heavy atom. The molecule has 0 saturated carbocycles. The van der Waals surface area contributed by atoms with Crippen LogP contribution in [0, 0.1) is 0 Å². The predicted molar refractivity (Wildman–Crippen MR) is 76.0 cm³/mol. The zero-order chi connectivity index (χ0) is 13.8. The number of nitrogens with two attached hydrogens (primary N) is 2. The van der Waals surface area contributed by atoms with Crippen LogP contribution in [0.2, 0.25) is 0 Å². The maximum atomic E-state index is 11.5. The molecule has 0 spiro atoms. The third-order valence-corrected chi connectivity index (χ3v) is 3.32. The number of ketones is 1. The van der Waals surface area contributed by atoms with Crippen molar-refractivity contribution < 1.29 is 4.79 Å². The topological polar surface area (TPSA) is 94.9 Å². The summed E-state index contributed by atoms with van der Waals surface area (Å²) < 4.78 is 0. The molecule has 6 heteroatoms. The highest BCUT2D eigenvalue weighted by molar-refractivity contribution is 7.99. The first-order chi connectivity index (χ1) is 9.08. The van der Waals surface area contributed by atoms with Crippen molar-refractivity contribution in [3.05, 3.63) is 35.9 Å². The molecule has 2 rings (SSSR count). The van der Waals surface area contributed by atoms with Gasteiger partial charge in [0.05, 0.1) is 0 Å². The summed E-state index contributed by atoms with van der Waals surface area (Å²) >= 11 is 1.35. The summed E-state index contributed by atoms with van der Waals surface area (Å²) in [6, 6.07) is 8.81. The average Bonchev–Trinajstić information content (AvgIpc) is 2.37. The number of Topliss-reactive ketones (excluding diaryl/α,β-unsaturated/α-hetero) is 1. The second-order valence-corrected chi connectivity index (χ2v) is 4.94. The zero-order valence-corrected chi connectivity index (χ0v) is 11.3. The van der Waals surface area contributed by atoms with Gasteiger partial charge in [-0.25, -0.2) is 9.97 Å². The van der Waals surface area contributed by atoms with Crippen LogP contribution in [0.5, 0.6) is 0 Å². The van der Waals surface area contributed by atoms with Crippen LogP contribution in [0.3, 0.4) is 0 Å². The van der Waals surface area contributed by atoms with Crippen LogP contribution in [0.1, 0.15) is 23.7 Å². The Bertz CT molecular complexity index is 578. The first-order valence-electron chi connectivity index (χ1n) is 5.79. The number of benzene rings is 1. The second kappa shape index (κ2) is 5.71. The van der Waals surface area contributed by atoms with E-state index in [1.807, 2.05) is 19.1 Å². The van der Waals surface area contributed by atoms with Gasteiger partial charge in [-0.05, 0) is 23.9 Å². The van der Waals surface area contributed by atoms with Gasteiger partial charge in [-0.2, -0.15) is 0 Å². The van der Waals surface area contributed by atoms with E-state index < -0.39 is 0 Å². The van der Waals surface area contributed by atoms with E-state index in [2.05, 4.69) is 9.97 Å². The largest absolute Gasteiger partial charge is 0.383 e. The minimum Gasteiger partial charge on any atom is -0.383 e. The van der Waals surface area contributed by atoms with E-state index in [-0.39, 0.29) is 5.78 Å². The van der Waals surface area contributed by atoms with Crippen molar-refractivity contribution in [2.24, 2.45) is 0 Å². The van der Waals surface area contributed by atoms with Crippen molar-refractivity contribution in [3.63, 3.8) is 0 Å². The van der Waals surface area contributed by atoms with E-state index >= 15 is 0 Å². The SMILES string of the molecule is CCC(=O)c1ccc(Sc2nc(N)cc(N)n2)cc1. The maximum Gasteiger partial charge on any atom is 0.196 e. The number of aromatic nitrogens is 2. The summed E-state index contributed by atoms with van der Waals surface area (Å²) in [5, 5.41) is 0.493. The standard InChI is InChI=1S/C13H14N4OS/c1-2-10(18)8-3-5-9(6-4-8)19-13-16-11(14)7-12(15)17-13/h3-7H,2H2,1H3,(H4,14,15,16,17). The van der Waals surface area contributed by atoms with Gasteiger partial charge in [0.25, 0.3) is 0 Å². The van der Waals surface area contributed by atoms with Gasteiger partial charge in [0, 0.05) is 22.9 Å². The van der Waals surface area contributed by atoms with Crippen LogP contribution in [0.15, 0.2) is 40.4 Å². The van der Waals surface area contributed by atoms with Gasteiger partial charge in [-0.15, -0.1) is 0 Å². The van der Waals surface area contributed by atoms with Crippen LogP contribution in [0.4, 0.5) is 11.6 Å². The summed E-state index contributed by atoms with van der Waals surface area (Å²) in [4.78, 5) is 20.6. The van der Waals surface area contributed by atoms with Crippen molar-refractivity contribution in [2.45, 2.75) is 23.4 Å². The molecule has 0 fully saturated rings. The fourth-order valence-electron chi connectivity index (χ4n) is 1.53. The Morgan fingerprint density at radius 1 is 1.16 bits per heavy atom. The normalized spacial score (nSPS) is 10.4. The Kier molecular flexibility index (Phi) is 4.01. The molecule has 4 N–H and O–H groups in total. The van der Waals surface area contributed by atoms with Gasteiger partial charge in [0.1, 0.15) is 11.6 Å². The highest BCUT2D eigenvalue weighted by Crippen LogP contribution is 2.26. The molecule has 19 heavy (non-hydrogen) atoms. The molecule has 5 nitrogen and oxygen atoms in total. The van der Waals surface area contributed by atoms with Gasteiger partial charge >= 0.3 is 0 Å². The van der Waals surface area contributed by atoms with E-state index in [4.69, 9.17) is 11.5 Å². The first kappa shape index (κ1) is 13.4. The molecule has 1 aromatic heterocycles. The number of rotatable bonds is 4. The van der Waals surface area contributed by atoms with Gasteiger partial charge < -0.3 is 11.5 Å². The predicted octanol–water partition coefficient (Wildman–Crippen LogP) is 2.38. The van der Waals surface area contributed by atoms with Gasteiger partial charge in [-0.1, -0.05) is 19.1 Å². The molecule has 1 heterocycles. The summed E-state index contributed by atoms with van der Waals surface area (Å²) in [7, 11) is 0. The highest BCUT2D eigenvalue weighted by atomic mass is 32.2. The van der Waals surface area contributed by atoms with E-state index in [1.54, 1.807) is 12.1 Å². The Morgan fingerprint density at radius 3 is 2.26 bits per heavy atom. The molecule has 0 saturated heterocycles. The van der Waals surface area contributed by atoms with Crippen LogP contribution < -0.4 is 11.5 Å². The van der Waals surface area contributed by atoms with Crippen LogP contribution >= 0.6 is 11.8 Å². The highest BCUT2D eigenvalue weighted by Gasteiger charge is 2.06. The molecule has 0 unspecified atom stereocenters. The fraction of sp³-hybridized carbons (Fsp3) is 0.154. The lowest BCUT2D eigenvalue weighted by atomic mass is 10.1. The monoisotopic (exact) mass is 274 g/mol. The molecule has 0 amide bonds. The number of nitrogen functional groups attached to an aromatic ring is 2. The van der Waals surface area contributed by atoms with E-state index in [0.29, 0.717) is 28.8 Å². The molecule has 1 aromatic carbocycles. The molecule has 0 atom stereocenters. The van der Waals surface area contributed by atoms with Crippen LogP contribution in [-0.4, -0.2) is 15.8 Å².